The summed E-state index contributed by atoms with van der Waals surface area (Å²) < 4.78 is 31.4. The lowest BCUT2D eigenvalue weighted by Gasteiger charge is -2.19. The van der Waals surface area contributed by atoms with Gasteiger partial charge in [-0.05, 0) is 26.0 Å². The molecule has 0 saturated carbocycles. The van der Waals surface area contributed by atoms with Crippen LogP contribution in [-0.4, -0.2) is 43.9 Å². The van der Waals surface area contributed by atoms with Crippen LogP contribution < -0.4 is 0 Å². The second kappa shape index (κ2) is 8.19. The summed E-state index contributed by atoms with van der Waals surface area (Å²) in [5.41, 5.74) is 0.0188. The van der Waals surface area contributed by atoms with Gasteiger partial charge < -0.3 is 14.7 Å². The summed E-state index contributed by atoms with van der Waals surface area (Å²) >= 11 is 0. The van der Waals surface area contributed by atoms with E-state index in [9.17, 15) is 13.9 Å². The van der Waals surface area contributed by atoms with Crippen LogP contribution in [0.1, 0.15) is 24.5 Å². The maximum atomic E-state index is 13.5. The second-order valence-corrected chi connectivity index (χ2v) is 4.60. The van der Waals surface area contributed by atoms with Crippen molar-refractivity contribution in [2.45, 2.75) is 18.9 Å². The molecular formula is C14H21F2NO2. The third kappa shape index (κ3) is 5.22. The van der Waals surface area contributed by atoms with E-state index in [4.69, 9.17) is 4.74 Å². The Balaban J connectivity index is 2.42. The largest absolute Gasteiger partial charge is 0.388 e. The average molecular weight is 273 g/mol. The van der Waals surface area contributed by atoms with Crippen molar-refractivity contribution in [2.24, 2.45) is 0 Å². The first-order valence-electron chi connectivity index (χ1n) is 6.35. The summed E-state index contributed by atoms with van der Waals surface area (Å²) in [7, 11) is 3.57. The molecule has 1 atom stereocenters. The Labute approximate surface area is 112 Å². The van der Waals surface area contributed by atoms with Crippen molar-refractivity contribution in [3.63, 3.8) is 0 Å². The molecule has 1 rings (SSSR count). The van der Waals surface area contributed by atoms with Crippen LogP contribution in [-0.2, 0) is 4.74 Å². The Morgan fingerprint density at radius 2 is 2.05 bits per heavy atom. The SMILES string of the molecule is COCCCN(C)CCC(O)c1cccc(F)c1F. The maximum absolute atomic E-state index is 13.5. The number of nitrogens with zero attached hydrogens (tertiary/aromatic N) is 1. The molecule has 0 aromatic heterocycles. The maximum Gasteiger partial charge on any atom is 0.164 e. The summed E-state index contributed by atoms with van der Waals surface area (Å²) in [6.07, 6.45) is 0.280. The van der Waals surface area contributed by atoms with Gasteiger partial charge in [-0.3, -0.25) is 0 Å². The zero-order valence-electron chi connectivity index (χ0n) is 11.4. The number of aliphatic hydroxyl groups is 1. The molecule has 0 fully saturated rings. The van der Waals surface area contributed by atoms with E-state index in [1.807, 2.05) is 11.9 Å². The first-order valence-corrected chi connectivity index (χ1v) is 6.35. The van der Waals surface area contributed by atoms with E-state index in [0.717, 1.165) is 19.0 Å². The zero-order valence-corrected chi connectivity index (χ0v) is 11.4. The van der Waals surface area contributed by atoms with Gasteiger partial charge in [0.05, 0.1) is 6.10 Å². The van der Waals surface area contributed by atoms with Gasteiger partial charge in [0.15, 0.2) is 11.6 Å². The lowest BCUT2D eigenvalue weighted by molar-refractivity contribution is 0.138. The van der Waals surface area contributed by atoms with Gasteiger partial charge in [0, 0.05) is 32.4 Å². The van der Waals surface area contributed by atoms with Gasteiger partial charge >= 0.3 is 0 Å². The molecule has 0 aliphatic heterocycles. The summed E-state index contributed by atoms with van der Waals surface area (Å²) in [4.78, 5) is 2.03. The highest BCUT2D eigenvalue weighted by Crippen LogP contribution is 2.21. The van der Waals surface area contributed by atoms with Crippen molar-refractivity contribution in [3.8, 4) is 0 Å². The van der Waals surface area contributed by atoms with E-state index >= 15 is 0 Å². The van der Waals surface area contributed by atoms with E-state index in [-0.39, 0.29) is 5.56 Å². The molecule has 5 heteroatoms. The predicted octanol–water partition coefficient (Wildman–Crippen LogP) is 2.36. The standard InChI is InChI=1S/C14H21F2NO2/c1-17(8-4-10-19-2)9-7-13(18)11-5-3-6-12(15)14(11)16/h3,5-6,13,18H,4,7-10H2,1-2H3. The summed E-state index contributed by atoms with van der Waals surface area (Å²) in [6.45, 7) is 2.14. The summed E-state index contributed by atoms with van der Waals surface area (Å²) in [5.74, 6) is -1.89. The number of rotatable bonds is 8. The van der Waals surface area contributed by atoms with Crippen molar-refractivity contribution in [1.29, 1.82) is 0 Å². The van der Waals surface area contributed by atoms with Gasteiger partial charge in [0.2, 0.25) is 0 Å². The summed E-state index contributed by atoms with van der Waals surface area (Å²) in [6, 6.07) is 3.86. The van der Waals surface area contributed by atoms with Crippen molar-refractivity contribution >= 4 is 0 Å². The van der Waals surface area contributed by atoms with Crippen LogP contribution >= 0.6 is 0 Å². The van der Waals surface area contributed by atoms with E-state index in [2.05, 4.69) is 0 Å². The molecule has 0 amide bonds. The number of ether oxygens (including phenoxy) is 1. The zero-order chi connectivity index (χ0) is 14.3. The molecular weight excluding hydrogens is 252 g/mol. The van der Waals surface area contributed by atoms with Crippen LogP contribution in [0.25, 0.3) is 0 Å². The fourth-order valence-corrected chi connectivity index (χ4v) is 1.87. The van der Waals surface area contributed by atoms with Crippen LogP contribution in [0.5, 0.6) is 0 Å². The fourth-order valence-electron chi connectivity index (χ4n) is 1.87. The number of hydrogen-bond acceptors (Lipinski definition) is 3. The fraction of sp³-hybridized carbons (Fsp3) is 0.571. The summed E-state index contributed by atoms with van der Waals surface area (Å²) in [5, 5.41) is 9.89. The van der Waals surface area contributed by atoms with Gasteiger partial charge in [-0.15, -0.1) is 0 Å². The molecule has 0 saturated heterocycles. The molecule has 1 unspecified atom stereocenters. The van der Waals surface area contributed by atoms with E-state index < -0.39 is 17.7 Å². The number of halogens is 2. The molecule has 0 bridgehead atoms. The number of aliphatic hydroxyl groups excluding tert-OH is 1. The van der Waals surface area contributed by atoms with Crippen LogP contribution in [0.3, 0.4) is 0 Å². The molecule has 1 aromatic carbocycles. The molecule has 0 aliphatic carbocycles. The molecule has 0 radical (unpaired) electrons. The van der Waals surface area contributed by atoms with Crippen molar-refractivity contribution in [2.75, 3.05) is 33.9 Å². The third-order valence-electron chi connectivity index (χ3n) is 3.01. The van der Waals surface area contributed by atoms with Gasteiger partial charge in [0.25, 0.3) is 0 Å². The minimum atomic E-state index is -0.986. The van der Waals surface area contributed by atoms with Crippen LogP contribution in [0, 0.1) is 11.6 Å². The monoisotopic (exact) mass is 273 g/mol. The molecule has 1 N–H and O–H groups in total. The Bertz CT molecular complexity index is 388. The molecule has 0 heterocycles. The van der Waals surface area contributed by atoms with Crippen LogP contribution in [0.15, 0.2) is 18.2 Å². The minimum absolute atomic E-state index is 0.0188. The molecule has 0 aliphatic rings. The van der Waals surface area contributed by atoms with E-state index in [1.54, 1.807) is 7.11 Å². The lowest BCUT2D eigenvalue weighted by Crippen LogP contribution is -2.23. The topological polar surface area (TPSA) is 32.7 Å². The Morgan fingerprint density at radius 3 is 2.74 bits per heavy atom. The number of hydrogen-bond donors (Lipinski definition) is 1. The average Bonchev–Trinajstić information content (AvgIpc) is 2.39. The lowest BCUT2D eigenvalue weighted by atomic mass is 10.1. The normalized spacial score (nSPS) is 12.9. The van der Waals surface area contributed by atoms with Gasteiger partial charge in [-0.25, -0.2) is 8.78 Å². The van der Waals surface area contributed by atoms with Gasteiger partial charge in [-0.2, -0.15) is 0 Å². The van der Waals surface area contributed by atoms with E-state index in [0.29, 0.717) is 19.6 Å². The number of benzene rings is 1. The minimum Gasteiger partial charge on any atom is -0.388 e. The quantitative estimate of drug-likeness (QED) is 0.738. The second-order valence-electron chi connectivity index (χ2n) is 4.60. The highest BCUT2D eigenvalue weighted by atomic mass is 19.2. The molecule has 1 aromatic rings. The Morgan fingerprint density at radius 1 is 1.32 bits per heavy atom. The predicted molar refractivity (Wildman–Crippen MR) is 69.9 cm³/mol. The van der Waals surface area contributed by atoms with Crippen molar-refractivity contribution in [3.05, 3.63) is 35.4 Å². The molecule has 19 heavy (non-hydrogen) atoms. The highest BCUT2D eigenvalue weighted by molar-refractivity contribution is 5.21. The van der Waals surface area contributed by atoms with Crippen LogP contribution in [0.2, 0.25) is 0 Å². The van der Waals surface area contributed by atoms with E-state index in [1.165, 1.54) is 12.1 Å². The first kappa shape index (κ1) is 16.0. The van der Waals surface area contributed by atoms with Crippen molar-refractivity contribution < 1.29 is 18.6 Å². The highest BCUT2D eigenvalue weighted by Gasteiger charge is 2.16. The van der Waals surface area contributed by atoms with Gasteiger partial charge in [-0.1, -0.05) is 12.1 Å². The molecule has 3 nitrogen and oxygen atoms in total. The molecule has 0 spiro atoms. The first-order chi connectivity index (χ1) is 9.06. The Kier molecular flexibility index (Phi) is 6.91. The Hall–Kier alpha value is -1.04. The molecule has 108 valence electrons. The van der Waals surface area contributed by atoms with Gasteiger partial charge in [0.1, 0.15) is 0 Å². The van der Waals surface area contributed by atoms with Crippen LogP contribution in [0.4, 0.5) is 8.78 Å². The third-order valence-corrected chi connectivity index (χ3v) is 3.01. The smallest absolute Gasteiger partial charge is 0.164 e. The van der Waals surface area contributed by atoms with Crippen molar-refractivity contribution in [1.82, 2.24) is 4.90 Å². The number of methoxy groups -OCH3 is 1.